The largest absolute Gasteiger partial charge is 0.393 e. The van der Waals surface area contributed by atoms with Crippen molar-refractivity contribution in [3.63, 3.8) is 0 Å². The van der Waals surface area contributed by atoms with E-state index in [2.05, 4.69) is 13.5 Å². The minimum atomic E-state index is -0.208. The Morgan fingerprint density at radius 1 is 1.38 bits per heavy atom. The number of allylic oxidation sites excluding steroid dienone is 1. The molecule has 3 atom stereocenters. The molecule has 0 heterocycles. The molecule has 0 aromatic heterocycles. The molecule has 0 rings (SSSR count). The summed E-state index contributed by atoms with van der Waals surface area (Å²) in [5.74, 6) is 0.463. The molecule has 0 spiro atoms. The number of ether oxygens (including phenoxy) is 1. The first kappa shape index (κ1) is 12.7. The highest BCUT2D eigenvalue weighted by Crippen LogP contribution is 2.17. The van der Waals surface area contributed by atoms with Gasteiger partial charge in [-0.15, -0.1) is 6.58 Å². The average molecular weight is 186 g/mol. The van der Waals surface area contributed by atoms with Crippen molar-refractivity contribution in [2.45, 2.75) is 45.3 Å². The number of aliphatic hydroxyl groups excluding tert-OH is 1. The van der Waals surface area contributed by atoms with E-state index < -0.39 is 0 Å². The van der Waals surface area contributed by atoms with Crippen molar-refractivity contribution in [1.82, 2.24) is 0 Å². The third-order valence-corrected chi connectivity index (χ3v) is 2.33. The highest BCUT2D eigenvalue weighted by atomic mass is 16.5. The van der Waals surface area contributed by atoms with Crippen molar-refractivity contribution >= 4 is 0 Å². The molecule has 0 aromatic rings. The van der Waals surface area contributed by atoms with Gasteiger partial charge in [-0.1, -0.05) is 6.08 Å². The van der Waals surface area contributed by atoms with Crippen LogP contribution in [0.4, 0.5) is 0 Å². The van der Waals surface area contributed by atoms with E-state index in [0.29, 0.717) is 5.92 Å². The second kappa shape index (κ2) is 7.10. The van der Waals surface area contributed by atoms with Crippen LogP contribution in [0.3, 0.4) is 0 Å². The molecule has 0 aliphatic heterocycles. The van der Waals surface area contributed by atoms with Gasteiger partial charge < -0.3 is 9.84 Å². The molecule has 78 valence electrons. The van der Waals surface area contributed by atoms with Gasteiger partial charge in [-0.3, -0.25) is 0 Å². The number of aliphatic hydroxyl groups is 1. The molecule has 3 unspecified atom stereocenters. The van der Waals surface area contributed by atoms with Gasteiger partial charge in [-0.2, -0.15) is 0 Å². The number of methoxy groups -OCH3 is 1. The minimum absolute atomic E-state index is 0.208. The molecular formula is C11H22O2. The van der Waals surface area contributed by atoms with Gasteiger partial charge in [0.15, 0.2) is 0 Å². The predicted octanol–water partition coefficient (Wildman–Crippen LogP) is 2.37. The highest BCUT2D eigenvalue weighted by Gasteiger charge is 2.10. The van der Waals surface area contributed by atoms with Gasteiger partial charge >= 0.3 is 0 Å². The first-order valence-electron chi connectivity index (χ1n) is 4.93. The van der Waals surface area contributed by atoms with E-state index in [1.54, 1.807) is 7.11 Å². The summed E-state index contributed by atoms with van der Waals surface area (Å²) in [7, 11) is 1.72. The van der Waals surface area contributed by atoms with E-state index >= 15 is 0 Å². The molecule has 0 aromatic carbocycles. The second-order valence-corrected chi connectivity index (χ2v) is 3.70. The van der Waals surface area contributed by atoms with Crippen LogP contribution in [0.2, 0.25) is 0 Å². The Hall–Kier alpha value is -0.340. The van der Waals surface area contributed by atoms with Crippen molar-refractivity contribution in [2.24, 2.45) is 5.92 Å². The SMILES string of the molecule is C=CC(CCC(C)O)CC(C)OC. The lowest BCUT2D eigenvalue weighted by molar-refractivity contribution is 0.0961. The van der Waals surface area contributed by atoms with Crippen LogP contribution < -0.4 is 0 Å². The normalized spacial score (nSPS) is 17.8. The molecule has 0 amide bonds. The minimum Gasteiger partial charge on any atom is -0.393 e. The Morgan fingerprint density at radius 2 is 2.00 bits per heavy atom. The molecule has 0 saturated heterocycles. The third-order valence-electron chi connectivity index (χ3n) is 2.33. The van der Waals surface area contributed by atoms with Gasteiger partial charge in [0.2, 0.25) is 0 Å². The van der Waals surface area contributed by atoms with E-state index in [0.717, 1.165) is 19.3 Å². The van der Waals surface area contributed by atoms with Crippen LogP contribution >= 0.6 is 0 Å². The quantitative estimate of drug-likeness (QED) is 0.618. The lowest BCUT2D eigenvalue weighted by Gasteiger charge is -2.17. The second-order valence-electron chi connectivity index (χ2n) is 3.70. The maximum absolute atomic E-state index is 9.12. The molecule has 0 bridgehead atoms. The lowest BCUT2D eigenvalue weighted by atomic mass is 9.95. The molecule has 1 N–H and O–H groups in total. The van der Waals surface area contributed by atoms with E-state index in [-0.39, 0.29) is 12.2 Å². The van der Waals surface area contributed by atoms with E-state index in [1.807, 2.05) is 13.0 Å². The van der Waals surface area contributed by atoms with Crippen LogP contribution in [0.1, 0.15) is 33.1 Å². The first-order valence-corrected chi connectivity index (χ1v) is 4.93. The van der Waals surface area contributed by atoms with Crippen LogP contribution in [0.25, 0.3) is 0 Å². The summed E-state index contributed by atoms with van der Waals surface area (Å²) < 4.78 is 5.18. The van der Waals surface area contributed by atoms with Crippen LogP contribution in [-0.2, 0) is 4.74 Å². The summed E-state index contributed by atoms with van der Waals surface area (Å²) in [6.07, 6.45) is 4.85. The van der Waals surface area contributed by atoms with E-state index in [1.165, 1.54) is 0 Å². The topological polar surface area (TPSA) is 29.5 Å². The van der Waals surface area contributed by atoms with Crippen LogP contribution in [0.15, 0.2) is 12.7 Å². The molecule has 0 aliphatic rings. The van der Waals surface area contributed by atoms with Gasteiger partial charge in [0.1, 0.15) is 0 Å². The van der Waals surface area contributed by atoms with Crippen molar-refractivity contribution in [1.29, 1.82) is 0 Å². The van der Waals surface area contributed by atoms with Gasteiger partial charge in [-0.25, -0.2) is 0 Å². The molecule has 2 nitrogen and oxygen atoms in total. The van der Waals surface area contributed by atoms with Crippen molar-refractivity contribution in [3.05, 3.63) is 12.7 Å². The zero-order valence-electron chi connectivity index (χ0n) is 8.99. The standard InChI is InChI=1S/C11H22O2/c1-5-11(7-6-9(2)12)8-10(3)13-4/h5,9-12H,1,6-8H2,2-4H3. The lowest BCUT2D eigenvalue weighted by Crippen LogP contribution is -2.12. The summed E-state index contributed by atoms with van der Waals surface area (Å²) >= 11 is 0. The number of rotatable bonds is 7. The van der Waals surface area contributed by atoms with Crippen molar-refractivity contribution in [2.75, 3.05) is 7.11 Å². The fraction of sp³-hybridized carbons (Fsp3) is 0.818. The number of hydrogen-bond donors (Lipinski definition) is 1. The van der Waals surface area contributed by atoms with E-state index in [9.17, 15) is 0 Å². The first-order chi connectivity index (χ1) is 6.10. The maximum Gasteiger partial charge on any atom is 0.0548 e. The Kier molecular flexibility index (Phi) is 6.92. The van der Waals surface area contributed by atoms with Crippen molar-refractivity contribution < 1.29 is 9.84 Å². The summed E-state index contributed by atoms with van der Waals surface area (Å²) in [5, 5.41) is 9.12. The maximum atomic E-state index is 9.12. The molecule has 0 radical (unpaired) electrons. The van der Waals surface area contributed by atoms with Gasteiger partial charge in [0.05, 0.1) is 12.2 Å². The van der Waals surface area contributed by atoms with Gasteiger partial charge in [0, 0.05) is 7.11 Å². The smallest absolute Gasteiger partial charge is 0.0548 e. The number of hydrogen-bond acceptors (Lipinski definition) is 2. The Labute approximate surface area is 81.6 Å². The van der Waals surface area contributed by atoms with Crippen molar-refractivity contribution in [3.8, 4) is 0 Å². The molecule has 0 fully saturated rings. The Balaban J connectivity index is 3.69. The average Bonchev–Trinajstić information content (AvgIpc) is 2.11. The molecule has 0 saturated carbocycles. The summed E-state index contributed by atoms with van der Waals surface area (Å²) in [6.45, 7) is 7.66. The van der Waals surface area contributed by atoms with Crippen LogP contribution in [-0.4, -0.2) is 24.4 Å². The predicted molar refractivity (Wildman–Crippen MR) is 55.7 cm³/mol. The van der Waals surface area contributed by atoms with E-state index in [4.69, 9.17) is 9.84 Å². The van der Waals surface area contributed by atoms with Gasteiger partial charge in [0.25, 0.3) is 0 Å². The third kappa shape index (κ3) is 6.79. The summed E-state index contributed by atoms with van der Waals surface area (Å²) in [5.41, 5.74) is 0. The van der Waals surface area contributed by atoms with Crippen LogP contribution in [0.5, 0.6) is 0 Å². The molecular weight excluding hydrogens is 164 g/mol. The zero-order chi connectivity index (χ0) is 10.3. The Bertz CT molecular complexity index is 132. The Morgan fingerprint density at radius 3 is 2.38 bits per heavy atom. The summed E-state index contributed by atoms with van der Waals surface area (Å²) in [4.78, 5) is 0. The highest BCUT2D eigenvalue weighted by molar-refractivity contribution is 4.80. The molecule has 0 aliphatic carbocycles. The molecule has 2 heteroatoms. The fourth-order valence-corrected chi connectivity index (χ4v) is 1.31. The van der Waals surface area contributed by atoms with Gasteiger partial charge in [-0.05, 0) is 39.0 Å². The summed E-state index contributed by atoms with van der Waals surface area (Å²) in [6, 6.07) is 0. The fourth-order valence-electron chi connectivity index (χ4n) is 1.31. The monoisotopic (exact) mass is 186 g/mol. The molecule has 13 heavy (non-hydrogen) atoms. The van der Waals surface area contributed by atoms with Crippen LogP contribution in [0, 0.1) is 5.92 Å². The zero-order valence-corrected chi connectivity index (χ0v) is 8.99.